The van der Waals surface area contributed by atoms with Gasteiger partial charge in [0, 0.05) is 18.8 Å². The van der Waals surface area contributed by atoms with Gasteiger partial charge in [0.1, 0.15) is 5.78 Å². The van der Waals surface area contributed by atoms with Crippen molar-refractivity contribution in [1.29, 1.82) is 0 Å². The molecule has 3 heteroatoms. The Hall–Kier alpha value is -2.42. The minimum absolute atomic E-state index is 0.0798. The number of rotatable bonds is 2. The van der Waals surface area contributed by atoms with Crippen LogP contribution in [0.2, 0.25) is 0 Å². The normalized spacial score (nSPS) is 20.3. The fourth-order valence-electron chi connectivity index (χ4n) is 2.90. The largest absolute Gasteiger partial charge is 0.465 e. The molecule has 2 aromatic rings. The first kappa shape index (κ1) is 15.5. The summed E-state index contributed by atoms with van der Waals surface area (Å²) in [6, 6.07) is 20.3. The number of carbonyl (C=O) groups is 2. The quantitative estimate of drug-likeness (QED) is 0.791. The van der Waals surface area contributed by atoms with Gasteiger partial charge in [0.25, 0.3) is 0 Å². The fraction of sp³-hybridized carbons (Fsp3) is 0.300. The average Bonchev–Trinajstić information content (AvgIpc) is 3.01. The van der Waals surface area contributed by atoms with Gasteiger partial charge in [0.2, 0.25) is 0 Å². The van der Waals surface area contributed by atoms with Crippen molar-refractivity contribution in [2.45, 2.75) is 31.1 Å². The SMILES string of the molecule is O=C1CC(c2ccccc2)C1.O=C1CC(c2ccccc2)CO1. The Morgan fingerprint density at radius 1 is 0.696 bits per heavy atom. The summed E-state index contributed by atoms with van der Waals surface area (Å²) in [4.78, 5) is 21.5. The highest BCUT2D eigenvalue weighted by molar-refractivity contribution is 5.86. The molecule has 1 aliphatic carbocycles. The summed E-state index contributed by atoms with van der Waals surface area (Å²) in [7, 11) is 0. The van der Waals surface area contributed by atoms with Gasteiger partial charge in [-0.15, -0.1) is 0 Å². The van der Waals surface area contributed by atoms with Gasteiger partial charge in [0.05, 0.1) is 13.0 Å². The van der Waals surface area contributed by atoms with Gasteiger partial charge in [-0.2, -0.15) is 0 Å². The molecule has 0 aromatic heterocycles. The van der Waals surface area contributed by atoms with E-state index in [4.69, 9.17) is 4.74 Å². The Balaban J connectivity index is 0.000000136. The van der Waals surface area contributed by atoms with Crippen molar-refractivity contribution >= 4 is 11.8 Å². The monoisotopic (exact) mass is 308 g/mol. The van der Waals surface area contributed by atoms with Gasteiger partial charge in [-0.3, -0.25) is 9.59 Å². The van der Waals surface area contributed by atoms with Gasteiger partial charge < -0.3 is 4.74 Å². The predicted molar refractivity (Wildman–Crippen MR) is 88.2 cm³/mol. The van der Waals surface area contributed by atoms with Crippen LogP contribution < -0.4 is 0 Å². The molecule has 23 heavy (non-hydrogen) atoms. The molecule has 1 saturated heterocycles. The van der Waals surface area contributed by atoms with Crippen molar-refractivity contribution in [3.8, 4) is 0 Å². The Labute approximate surface area is 136 Å². The third-order valence-corrected chi connectivity index (χ3v) is 4.35. The number of Topliss-reactive ketones (excluding diaryl/α,β-unsaturated/α-hetero) is 1. The zero-order chi connectivity index (χ0) is 16.1. The number of hydrogen-bond acceptors (Lipinski definition) is 3. The van der Waals surface area contributed by atoms with E-state index in [0.29, 0.717) is 24.7 Å². The van der Waals surface area contributed by atoms with E-state index in [9.17, 15) is 9.59 Å². The number of carbonyl (C=O) groups excluding carboxylic acids is 2. The van der Waals surface area contributed by atoms with E-state index in [2.05, 4.69) is 12.1 Å². The molecular weight excluding hydrogens is 288 g/mol. The molecule has 3 nitrogen and oxygen atoms in total. The smallest absolute Gasteiger partial charge is 0.306 e. The minimum atomic E-state index is -0.0798. The van der Waals surface area contributed by atoms with Gasteiger partial charge in [0.15, 0.2) is 0 Å². The highest BCUT2D eigenvalue weighted by Gasteiger charge is 2.27. The van der Waals surface area contributed by atoms with E-state index in [0.717, 1.165) is 12.8 Å². The molecule has 2 fully saturated rings. The van der Waals surface area contributed by atoms with Crippen molar-refractivity contribution in [3.63, 3.8) is 0 Å². The van der Waals surface area contributed by atoms with Crippen molar-refractivity contribution in [2.75, 3.05) is 6.61 Å². The second-order valence-electron chi connectivity index (χ2n) is 6.05. The average molecular weight is 308 g/mol. The molecule has 0 spiro atoms. The molecule has 0 radical (unpaired) electrons. The third-order valence-electron chi connectivity index (χ3n) is 4.35. The summed E-state index contributed by atoms with van der Waals surface area (Å²) in [5, 5.41) is 0. The molecule has 2 aromatic carbocycles. The number of ether oxygens (including phenoxy) is 1. The molecular formula is C20H20O3. The Bertz CT molecular complexity index is 656. The summed E-state index contributed by atoms with van der Waals surface area (Å²) in [6.45, 7) is 0.544. The molecule has 0 amide bonds. The van der Waals surface area contributed by atoms with E-state index in [1.165, 1.54) is 11.1 Å². The van der Waals surface area contributed by atoms with Crippen LogP contribution in [0.3, 0.4) is 0 Å². The van der Waals surface area contributed by atoms with Crippen LogP contribution >= 0.6 is 0 Å². The van der Waals surface area contributed by atoms with E-state index in [1.807, 2.05) is 48.5 Å². The first-order valence-electron chi connectivity index (χ1n) is 7.99. The lowest BCUT2D eigenvalue weighted by molar-refractivity contribution is -0.138. The van der Waals surface area contributed by atoms with Crippen LogP contribution in [0.4, 0.5) is 0 Å². The highest BCUT2D eigenvalue weighted by atomic mass is 16.5. The lowest BCUT2D eigenvalue weighted by Gasteiger charge is -2.24. The summed E-state index contributed by atoms with van der Waals surface area (Å²) in [6.07, 6.45) is 2.04. The maximum Gasteiger partial charge on any atom is 0.306 e. The second-order valence-corrected chi connectivity index (χ2v) is 6.05. The van der Waals surface area contributed by atoms with Gasteiger partial charge >= 0.3 is 5.97 Å². The molecule has 2 aliphatic rings. The number of benzene rings is 2. The van der Waals surface area contributed by atoms with Crippen LogP contribution in [-0.2, 0) is 14.3 Å². The van der Waals surface area contributed by atoms with Crippen LogP contribution in [-0.4, -0.2) is 18.4 Å². The minimum Gasteiger partial charge on any atom is -0.465 e. The lowest BCUT2D eigenvalue weighted by Crippen LogP contribution is -2.20. The van der Waals surface area contributed by atoms with E-state index in [-0.39, 0.29) is 11.9 Å². The molecule has 0 N–H and O–H groups in total. The summed E-state index contributed by atoms with van der Waals surface area (Å²) in [5.74, 6) is 1.12. The molecule has 4 rings (SSSR count). The van der Waals surface area contributed by atoms with Crippen LogP contribution in [0.1, 0.15) is 42.2 Å². The Morgan fingerprint density at radius 2 is 1.22 bits per heavy atom. The second kappa shape index (κ2) is 7.23. The van der Waals surface area contributed by atoms with E-state index in [1.54, 1.807) is 0 Å². The highest BCUT2D eigenvalue weighted by Crippen LogP contribution is 2.33. The number of ketones is 1. The van der Waals surface area contributed by atoms with Crippen LogP contribution in [0.5, 0.6) is 0 Å². The van der Waals surface area contributed by atoms with Crippen LogP contribution in [0.25, 0.3) is 0 Å². The third kappa shape index (κ3) is 4.07. The molecule has 0 bridgehead atoms. The maximum absolute atomic E-state index is 10.8. The molecule has 1 atom stereocenters. The predicted octanol–water partition coefficient (Wildman–Crippen LogP) is 3.85. The topological polar surface area (TPSA) is 43.4 Å². The van der Waals surface area contributed by atoms with Crippen molar-refractivity contribution in [3.05, 3.63) is 71.8 Å². The lowest BCUT2D eigenvalue weighted by atomic mass is 9.79. The number of esters is 1. The molecule has 1 heterocycles. The van der Waals surface area contributed by atoms with Crippen LogP contribution in [0.15, 0.2) is 60.7 Å². The van der Waals surface area contributed by atoms with Crippen molar-refractivity contribution < 1.29 is 14.3 Å². The molecule has 1 unspecified atom stereocenters. The van der Waals surface area contributed by atoms with Gasteiger partial charge in [-0.05, 0) is 17.0 Å². The summed E-state index contributed by atoms with van der Waals surface area (Å²) in [5.41, 5.74) is 2.51. The van der Waals surface area contributed by atoms with E-state index >= 15 is 0 Å². The standard InChI is InChI=1S/C10H10O2.C10H10O/c11-10-6-9(7-12-10)8-4-2-1-3-5-8;11-10-6-9(7-10)8-4-2-1-3-5-8/h1-5,9H,6-7H2;1-5,9H,6-7H2. The number of cyclic esters (lactones) is 1. The molecule has 1 saturated carbocycles. The number of hydrogen-bond donors (Lipinski definition) is 0. The zero-order valence-corrected chi connectivity index (χ0v) is 13.0. The fourth-order valence-corrected chi connectivity index (χ4v) is 2.90. The maximum atomic E-state index is 10.8. The summed E-state index contributed by atoms with van der Waals surface area (Å²) >= 11 is 0. The Morgan fingerprint density at radius 3 is 1.65 bits per heavy atom. The first-order chi connectivity index (χ1) is 11.2. The van der Waals surface area contributed by atoms with Gasteiger partial charge in [-0.1, -0.05) is 60.7 Å². The van der Waals surface area contributed by atoms with E-state index < -0.39 is 0 Å². The molecule has 1 aliphatic heterocycles. The zero-order valence-electron chi connectivity index (χ0n) is 13.0. The summed E-state index contributed by atoms with van der Waals surface area (Å²) < 4.78 is 4.88. The first-order valence-corrected chi connectivity index (χ1v) is 7.99. The molecule has 118 valence electrons. The Kier molecular flexibility index (Phi) is 4.86. The van der Waals surface area contributed by atoms with Crippen LogP contribution in [0, 0.1) is 0 Å². The van der Waals surface area contributed by atoms with Crippen molar-refractivity contribution in [2.24, 2.45) is 0 Å². The van der Waals surface area contributed by atoms with Crippen molar-refractivity contribution in [1.82, 2.24) is 0 Å². The van der Waals surface area contributed by atoms with Gasteiger partial charge in [-0.25, -0.2) is 0 Å².